The molecule has 32 heavy (non-hydrogen) atoms. The third-order valence-corrected chi connectivity index (χ3v) is 12.1. The molecule has 0 bridgehead atoms. The minimum Gasteiger partial charge on any atom is -0.295 e. The van der Waals surface area contributed by atoms with Crippen LogP contribution in [0, 0.1) is 58.2 Å². The number of allylic oxidation sites excluding steroid dienone is 2. The standard InChI is InChI=1S/C31H50O/c1-20(2)9-8-10-21(3)25-15-16-26-23-14-13-22-19-29(32)24-11-6-7-12-27(24)31(22,5)28(23)17-18-30(25,26)4/h11,20-23,25-28H,6-10,12-19H2,1-5H3/t21-,22+,23+,25-,26+,27+,28+,30-,31-/m1/s1. The highest BCUT2D eigenvalue weighted by Crippen LogP contribution is 2.70. The van der Waals surface area contributed by atoms with Gasteiger partial charge in [0.15, 0.2) is 5.78 Å². The van der Waals surface area contributed by atoms with E-state index in [0.29, 0.717) is 28.4 Å². The fourth-order valence-corrected chi connectivity index (χ4v) is 10.5. The summed E-state index contributed by atoms with van der Waals surface area (Å²) in [5.41, 5.74) is 2.25. The van der Waals surface area contributed by atoms with Crippen LogP contribution in [0.25, 0.3) is 0 Å². The number of rotatable bonds is 5. The van der Waals surface area contributed by atoms with Crippen molar-refractivity contribution >= 4 is 5.78 Å². The van der Waals surface area contributed by atoms with Crippen molar-refractivity contribution in [3.63, 3.8) is 0 Å². The Balaban J connectivity index is 1.36. The van der Waals surface area contributed by atoms with Gasteiger partial charge in [-0.1, -0.05) is 60.0 Å². The van der Waals surface area contributed by atoms with Crippen molar-refractivity contribution in [2.24, 2.45) is 58.2 Å². The van der Waals surface area contributed by atoms with Gasteiger partial charge in [-0.25, -0.2) is 0 Å². The molecule has 0 unspecified atom stereocenters. The highest BCUT2D eigenvalue weighted by Gasteiger charge is 2.63. The van der Waals surface area contributed by atoms with E-state index in [1.807, 2.05) is 0 Å². The molecule has 4 saturated carbocycles. The molecule has 0 heterocycles. The quantitative estimate of drug-likeness (QED) is 0.420. The molecule has 5 rings (SSSR count). The molecule has 9 atom stereocenters. The number of fused-ring (bicyclic) bond motifs is 7. The van der Waals surface area contributed by atoms with Gasteiger partial charge in [0, 0.05) is 6.42 Å². The van der Waals surface area contributed by atoms with Gasteiger partial charge < -0.3 is 0 Å². The Bertz CT molecular complexity index is 748. The molecule has 1 heteroatoms. The molecule has 5 aliphatic rings. The molecule has 0 aromatic heterocycles. The SMILES string of the molecule is CC(C)CCC[C@@H](C)[C@H]1CC[C@H]2[C@@H]3CC[C@H]4CC(=O)C5=CCCC[C@@H]5[C@]4(C)[C@H]3CC[C@]12C. The van der Waals surface area contributed by atoms with Gasteiger partial charge in [-0.15, -0.1) is 0 Å². The van der Waals surface area contributed by atoms with Gasteiger partial charge in [0.25, 0.3) is 0 Å². The van der Waals surface area contributed by atoms with Crippen LogP contribution in [0.3, 0.4) is 0 Å². The first-order valence-corrected chi connectivity index (χ1v) is 14.5. The summed E-state index contributed by atoms with van der Waals surface area (Å²) in [6.07, 6.45) is 19.8. The number of carbonyl (C=O) groups is 1. The van der Waals surface area contributed by atoms with E-state index in [1.165, 1.54) is 76.2 Å². The first-order chi connectivity index (χ1) is 15.3. The summed E-state index contributed by atoms with van der Waals surface area (Å²) in [6, 6.07) is 0. The molecule has 0 N–H and O–H groups in total. The Kier molecular flexibility index (Phi) is 6.20. The van der Waals surface area contributed by atoms with Crippen LogP contribution in [0.5, 0.6) is 0 Å². The second kappa shape index (κ2) is 8.57. The van der Waals surface area contributed by atoms with E-state index >= 15 is 0 Å². The van der Waals surface area contributed by atoms with Crippen LogP contribution in [-0.2, 0) is 4.79 Å². The van der Waals surface area contributed by atoms with E-state index in [0.717, 1.165) is 48.3 Å². The topological polar surface area (TPSA) is 17.1 Å². The van der Waals surface area contributed by atoms with Gasteiger partial charge in [0.2, 0.25) is 0 Å². The zero-order chi connectivity index (χ0) is 22.7. The second-order valence-electron chi connectivity index (χ2n) is 13.8. The molecule has 0 aromatic carbocycles. The molecular formula is C31H50O. The largest absolute Gasteiger partial charge is 0.295 e. The maximum atomic E-state index is 13.0. The van der Waals surface area contributed by atoms with E-state index < -0.39 is 0 Å². The van der Waals surface area contributed by atoms with Gasteiger partial charge in [-0.05, 0) is 122 Å². The normalized spacial score (nSPS) is 46.7. The van der Waals surface area contributed by atoms with Crippen LogP contribution < -0.4 is 0 Å². The maximum absolute atomic E-state index is 13.0. The van der Waals surface area contributed by atoms with Crippen molar-refractivity contribution in [2.75, 3.05) is 0 Å². The highest BCUT2D eigenvalue weighted by molar-refractivity contribution is 5.97. The monoisotopic (exact) mass is 438 g/mol. The summed E-state index contributed by atoms with van der Waals surface area (Å²) >= 11 is 0. The van der Waals surface area contributed by atoms with Crippen molar-refractivity contribution in [3.8, 4) is 0 Å². The number of hydrogen-bond acceptors (Lipinski definition) is 1. The molecule has 0 saturated heterocycles. The van der Waals surface area contributed by atoms with Gasteiger partial charge in [-0.2, -0.15) is 0 Å². The van der Waals surface area contributed by atoms with Crippen molar-refractivity contribution < 1.29 is 4.79 Å². The lowest BCUT2D eigenvalue weighted by Crippen LogP contribution is -2.57. The lowest BCUT2D eigenvalue weighted by atomic mass is 9.41. The summed E-state index contributed by atoms with van der Waals surface area (Å²) in [4.78, 5) is 13.0. The van der Waals surface area contributed by atoms with E-state index in [9.17, 15) is 4.79 Å². The summed E-state index contributed by atoms with van der Waals surface area (Å²) in [7, 11) is 0. The van der Waals surface area contributed by atoms with Crippen LogP contribution in [0.1, 0.15) is 118 Å². The van der Waals surface area contributed by atoms with Gasteiger partial charge in [0.1, 0.15) is 0 Å². The van der Waals surface area contributed by atoms with E-state index in [2.05, 4.69) is 40.7 Å². The second-order valence-corrected chi connectivity index (χ2v) is 13.8. The smallest absolute Gasteiger partial charge is 0.159 e. The zero-order valence-corrected chi connectivity index (χ0v) is 21.8. The first-order valence-electron chi connectivity index (χ1n) is 14.5. The lowest BCUT2D eigenvalue weighted by Gasteiger charge is -2.63. The van der Waals surface area contributed by atoms with Crippen molar-refractivity contribution in [1.29, 1.82) is 0 Å². The summed E-state index contributed by atoms with van der Waals surface area (Å²) < 4.78 is 0. The third-order valence-electron chi connectivity index (χ3n) is 12.1. The van der Waals surface area contributed by atoms with E-state index in [-0.39, 0.29) is 0 Å². The number of hydrogen-bond donors (Lipinski definition) is 0. The Morgan fingerprint density at radius 1 is 0.969 bits per heavy atom. The molecule has 0 aromatic rings. The van der Waals surface area contributed by atoms with E-state index in [1.54, 1.807) is 0 Å². The Hall–Kier alpha value is -0.590. The van der Waals surface area contributed by atoms with E-state index in [4.69, 9.17) is 0 Å². The molecule has 1 nitrogen and oxygen atoms in total. The molecule has 4 fully saturated rings. The van der Waals surface area contributed by atoms with Crippen molar-refractivity contribution in [1.82, 2.24) is 0 Å². The average Bonchev–Trinajstić information content (AvgIpc) is 3.12. The molecular weight excluding hydrogens is 388 g/mol. The fraction of sp³-hybridized carbons (Fsp3) is 0.903. The summed E-state index contributed by atoms with van der Waals surface area (Å²) in [6.45, 7) is 12.7. The Labute approximate surface area is 198 Å². The van der Waals surface area contributed by atoms with Gasteiger partial charge in [0.05, 0.1) is 0 Å². The Morgan fingerprint density at radius 2 is 1.78 bits per heavy atom. The molecule has 0 spiro atoms. The summed E-state index contributed by atoms with van der Waals surface area (Å²) in [5.74, 6) is 7.20. The van der Waals surface area contributed by atoms with Crippen LogP contribution in [0.15, 0.2) is 11.6 Å². The minimum absolute atomic E-state index is 0.394. The van der Waals surface area contributed by atoms with Gasteiger partial charge >= 0.3 is 0 Å². The van der Waals surface area contributed by atoms with Crippen LogP contribution >= 0.6 is 0 Å². The van der Waals surface area contributed by atoms with Crippen LogP contribution in [-0.4, -0.2) is 5.78 Å². The van der Waals surface area contributed by atoms with Crippen LogP contribution in [0.4, 0.5) is 0 Å². The lowest BCUT2D eigenvalue weighted by molar-refractivity contribution is -0.146. The molecule has 0 radical (unpaired) electrons. The average molecular weight is 439 g/mol. The molecule has 0 amide bonds. The number of carbonyl (C=O) groups excluding carboxylic acids is 1. The summed E-state index contributed by atoms with van der Waals surface area (Å²) in [5, 5.41) is 0. The molecule has 5 aliphatic carbocycles. The van der Waals surface area contributed by atoms with Gasteiger partial charge in [-0.3, -0.25) is 4.79 Å². The number of ketones is 1. The third kappa shape index (κ3) is 3.50. The minimum atomic E-state index is 0.394. The Morgan fingerprint density at radius 3 is 2.56 bits per heavy atom. The maximum Gasteiger partial charge on any atom is 0.159 e. The predicted molar refractivity (Wildman–Crippen MR) is 134 cm³/mol. The zero-order valence-electron chi connectivity index (χ0n) is 21.8. The highest BCUT2D eigenvalue weighted by atomic mass is 16.1. The van der Waals surface area contributed by atoms with Crippen LogP contribution in [0.2, 0.25) is 0 Å². The molecule has 180 valence electrons. The predicted octanol–water partition coefficient (Wildman–Crippen LogP) is 8.62. The number of Topliss-reactive ketones (excluding diaryl/α,β-unsaturated/α-hetero) is 1. The van der Waals surface area contributed by atoms with Crippen molar-refractivity contribution in [2.45, 2.75) is 118 Å². The van der Waals surface area contributed by atoms with Crippen molar-refractivity contribution in [3.05, 3.63) is 11.6 Å². The first kappa shape index (κ1) is 23.2. The fourth-order valence-electron chi connectivity index (χ4n) is 10.5. The molecule has 0 aliphatic heterocycles.